The highest BCUT2D eigenvalue weighted by molar-refractivity contribution is 7.99. The van der Waals surface area contributed by atoms with Gasteiger partial charge in [-0.3, -0.25) is 9.69 Å². The molecule has 0 aromatic heterocycles. The maximum Gasteiger partial charge on any atom is 0.501 e. The molecule has 2 N–H and O–H groups in total. The van der Waals surface area contributed by atoms with Crippen LogP contribution in [0.5, 0.6) is 0 Å². The molecule has 1 fully saturated rings. The molecule has 5 aromatic rings. The van der Waals surface area contributed by atoms with Crippen molar-refractivity contribution in [2.45, 2.75) is 32.8 Å². The van der Waals surface area contributed by atoms with Gasteiger partial charge in [0, 0.05) is 72.2 Å². The Bertz CT molecular complexity index is 2450. The molecule has 0 radical (unpaired) electrons. The van der Waals surface area contributed by atoms with Crippen molar-refractivity contribution in [3.8, 4) is 11.1 Å². The predicted molar refractivity (Wildman–Crippen MR) is 228 cm³/mol. The van der Waals surface area contributed by atoms with E-state index in [1.54, 1.807) is 31.1 Å². The first-order chi connectivity index (χ1) is 28.0. The third kappa shape index (κ3) is 11.2. The number of alkyl halides is 3. The standard InChI is InChI=1S/C42H43ClF3N5O5S3/c1-49(2)28-34(29-57-36-9-4-3-5-10-36)47-39-21-20-37(26-40(39)58(53,54)42(44,45)46)59(55,56)48-41(52)31-14-18-35(19-15-31)51-24-22-50(23-25-51)27-32-8-6-7-11-38(32)30-12-16-33(43)17-13-30/h3-21,26,34,47H,22-25,27-29H2,1-2H3,(H,48,52)/t34-/m1/s1. The van der Waals surface area contributed by atoms with Gasteiger partial charge in [-0.25, -0.2) is 21.6 Å². The third-order valence-corrected chi connectivity index (χ3v) is 13.9. The van der Waals surface area contributed by atoms with Crippen molar-refractivity contribution in [3.05, 3.63) is 137 Å². The lowest BCUT2D eigenvalue weighted by atomic mass is 9.99. The smallest absolute Gasteiger partial charge is 0.379 e. The highest BCUT2D eigenvalue weighted by Crippen LogP contribution is 2.37. The number of carbonyl (C=O) groups is 1. The van der Waals surface area contributed by atoms with E-state index in [-0.39, 0.29) is 5.56 Å². The molecule has 1 heterocycles. The predicted octanol–water partition coefficient (Wildman–Crippen LogP) is 7.88. The number of benzene rings is 5. The lowest BCUT2D eigenvalue weighted by Crippen LogP contribution is -2.46. The maximum atomic E-state index is 14.0. The van der Waals surface area contributed by atoms with Crippen LogP contribution >= 0.6 is 23.4 Å². The van der Waals surface area contributed by atoms with Crippen LogP contribution in [0.4, 0.5) is 24.5 Å². The number of nitrogens with zero attached hydrogens (tertiary/aromatic N) is 3. The van der Waals surface area contributed by atoms with E-state index in [9.17, 15) is 34.8 Å². The second-order valence-electron chi connectivity index (χ2n) is 14.2. The molecule has 1 aliphatic heterocycles. The third-order valence-electron chi connectivity index (χ3n) is 9.66. The van der Waals surface area contributed by atoms with Gasteiger partial charge in [0.15, 0.2) is 0 Å². The molecular weight excluding hydrogens is 843 g/mol. The number of anilines is 2. The summed E-state index contributed by atoms with van der Waals surface area (Å²) in [7, 11) is -7.34. The number of sulfone groups is 1. The quantitative estimate of drug-likeness (QED) is 0.101. The molecule has 0 bridgehead atoms. The Labute approximate surface area is 352 Å². The van der Waals surface area contributed by atoms with Gasteiger partial charge in [0.05, 0.1) is 10.6 Å². The van der Waals surface area contributed by atoms with Crippen molar-refractivity contribution in [1.29, 1.82) is 0 Å². The number of hydrogen-bond donors (Lipinski definition) is 2. The van der Waals surface area contributed by atoms with E-state index in [0.29, 0.717) is 36.5 Å². The number of likely N-dealkylation sites (N-methyl/N-ethyl adjacent to an activating group) is 1. The summed E-state index contributed by atoms with van der Waals surface area (Å²) in [5.74, 6) is -0.688. The molecule has 312 valence electrons. The van der Waals surface area contributed by atoms with Gasteiger partial charge >= 0.3 is 5.51 Å². The lowest BCUT2D eigenvalue weighted by molar-refractivity contribution is -0.0435. The molecule has 1 atom stereocenters. The van der Waals surface area contributed by atoms with Crippen LogP contribution in [0.15, 0.2) is 136 Å². The SMILES string of the molecule is CN(C)C[C@H](CSc1ccccc1)Nc1ccc(S(=O)(=O)NC(=O)c2ccc(N3CCN(Cc4ccccc4-c4ccc(Cl)cc4)CC3)cc2)cc1S(=O)(=O)C(F)(F)F. The molecule has 5 aromatic carbocycles. The van der Waals surface area contributed by atoms with E-state index in [1.807, 2.05) is 71.5 Å². The number of thioether (sulfide) groups is 1. The first kappa shape index (κ1) is 44.0. The molecule has 6 rings (SSSR count). The molecule has 1 amide bonds. The van der Waals surface area contributed by atoms with Gasteiger partial charge in [-0.05, 0) is 97.5 Å². The van der Waals surface area contributed by atoms with Crippen molar-refractivity contribution in [3.63, 3.8) is 0 Å². The Morgan fingerprint density at radius 2 is 1.47 bits per heavy atom. The summed E-state index contributed by atoms with van der Waals surface area (Å²) >= 11 is 7.52. The first-order valence-electron chi connectivity index (χ1n) is 18.5. The van der Waals surface area contributed by atoms with Crippen LogP contribution in [0.1, 0.15) is 15.9 Å². The van der Waals surface area contributed by atoms with Crippen molar-refractivity contribution >= 4 is 60.5 Å². The second-order valence-corrected chi connectivity index (χ2v) is 19.4. The van der Waals surface area contributed by atoms with Crippen molar-refractivity contribution < 1.29 is 34.8 Å². The van der Waals surface area contributed by atoms with Gasteiger partial charge in [-0.1, -0.05) is 66.2 Å². The maximum absolute atomic E-state index is 14.0. The molecular formula is C42H43ClF3N5O5S3. The second kappa shape index (κ2) is 18.8. The normalized spacial score (nSPS) is 14.6. The number of amides is 1. The van der Waals surface area contributed by atoms with Gasteiger partial charge < -0.3 is 15.1 Å². The number of sulfonamides is 1. The fraction of sp³-hybridized carbons (Fsp3) is 0.262. The molecule has 0 aliphatic carbocycles. The summed E-state index contributed by atoms with van der Waals surface area (Å²) < 4.78 is 96.3. The van der Waals surface area contributed by atoms with Crippen molar-refractivity contribution in [2.24, 2.45) is 0 Å². The first-order valence-corrected chi connectivity index (χ1v) is 22.9. The average Bonchev–Trinajstić information content (AvgIpc) is 3.20. The van der Waals surface area contributed by atoms with E-state index in [1.165, 1.54) is 29.5 Å². The van der Waals surface area contributed by atoms with Crippen LogP contribution in [-0.2, 0) is 26.4 Å². The van der Waals surface area contributed by atoms with Crippen LogP contribution in [-0.4, -0.2) is 96.7 Å². The zero-order valence-electron chi connectivity index (χ0n) is 32.2. The van der Waals surface area contributed by atoms with E-state index in [0.717, 1.165) is 53.5 Å². The monoisotopic (exact) mass is 885 g/mol. The van der Waals surface area contributed by atoms with Crippen molar-refractivity contribution in [1.82, 2.24) is 14.5 Å². The minimum atomic E-state index is -6.03. The molecule has 1 aliphatic rings. The zero-order valence-corrected chi connectivity index (χ0v) is 35.4. The van der Waals surface area contributed by atoms with Gasteiger partial charge in [0.1, 0.15) is 4.90 Å². The Morgan fingerprint density at radius 1 is 0.831 bits per heavy atom. The fourth-order valence-electron chi connectivity index (χ4n) is 6.69. The van der Waals surface area contributed by atoms with E-state index >= 15 is 0 Å². The van der Waals surface area contributed by atoms with E-state index in [4.69, 9.17) is 11.6 Å². The Kier molecular flexibility index (Phi) is 14.0. The molecule has 17 heteroatoms. The average molecular weight is 886 g/mol. The summed E-state index contributed by atoms with van der Waals surface area (Å²) in [4.78, 5) is 18.3. The Balaban J connectivity index is 1.12. The zero-order chi connectivity index (χ0) is 42.4. The number of rotatable bonds is 15. The van der Waals surface area contributed by atoms with Gasteiger partial charge in [0.2, 0.25) is 0 Å². The van der Waals surface area contributed by atoms with Crippen molar-refractivity contribution in [2.75, 3.05) is 62.8 Å². The van der Waals surface area contributed by atoms with Crippen LogP contribution in [0.25, 0.3) is 11.1 Å². The minimum Gasteiger partial charge on any atom is -0.379 e. The van der Waals surface area contributed by atoms with Crippen LogP contribution in [0, 0.1) is 0 Å². The summed E-state index contributed by atoms with van der Waals surface area (Å²) in [5.41, 5.74) is -1.92. The Hall–Kier alpha value is -4.58. The lowest BCUT2D eigenvalue weighted by Gasteiger charge is -2.36. The molecule has 0 unspecified atom stereocenters. The molecule has 0 saturated carbocycles. The number of piperazine rings is 1. The van der Waals surface area contributed by atoms with E-state index in [2.05, 4.69) is 27.2 Å². The summed E-state index contributed by atoms with van der Waals surface area (Å²) in [6.07, 6.45) is 0. The molecule has 59 heavy (non-hydrogen) atoms. The molecule has 1 saturated heterocycles. The number of halogens is 4. The number of nitrogens with one attached hydrogen (secondary N) is 2. The highest BCUT2D eigenvalue weighted by Gasteiger charge is 2.48. The number of carbonyl (C=O) groups excluding carboxylic acids is 1. The fourth-order valence-corrected chi connectivity index (χ4v) is 9.77. The topological polar surface area (TPSA) is 119 Å². The van der Waals surface area contributed by atoms with Crippen LogP contribution in [0.2, 0.25) is 5.02 Å². The van der Waals surface area contributed by atoms with Crippen LogP contribution < -0.4 is 14.9 Å². The Morgan fingerprint density at radius 3 is 2.12 bits per heavy atom. The number of hydrogen-bond acceptors (Lipinski definition) is 10. The minimum absolute atomic E-state index is 0.0152. The molecule has 10 nitrogen and oxygen atoms in total. The molecule has 0 spiro atoms. The van der Waals surface area contributed by atoms with Crippen LogP contribution in [0.3, 0.4) is 0 Å². The van der Waals surface area contributed by atoms with Gasteiger partial charge in [0.25, 0.3) is 25.8 Å². The van der Waals surface area contributed by atoms with Gasteiger partial charge in [-0.15, -0.1) is 11.8 Å². The summed E-state index contributed by atoms with van der Waals surface area (Å²) in [5, 5.41) is 3.57. The largest absolute Gasteiger partial charge is 0.501 e. The highest BCUT2D eigenvalue weighted by atomic mass is 35.5. The summed E-state index contributed by atoms with van der Waals surface area (Å²) in [6.45, 7) is 4.04. The summed E-state index contributed by atoms with van der Waals surface area (Å²) in [6, 6.07) is 33.4. The van der Waals surface area contributed by atoms with E-state index < -0.39 is 52.8 Å². The van der Waals surface area contributed by atoms with Gasteiger partial charge in [-0.2, -0.15) is 13.2 Å².